The monoisotopic (exact) mass is 272 g/mol. The largest absolute Gasteiger partial charge is 0.378 e. The lowest BCUT2D eigenvalue weighted by atomic mass is 10.3. The van der Waals surface area contributed by atoms with Crippen molar-refractivity contribution in [3.05, 3.63) is 44.3 Å². The smallest absolute Gasteiger partial charge is 0.0898 e. The van der Waals surface area contributed by atoms with Gasteiger partial charge in [0.15, 0.2) is 0 Å². The quantitative estimate of drug-likeness (QED) is 0.898. The molecule has 1 aromatic carbocycles. The van der Waals surface area contributed by atoms with Gasteiger partial charge in [-0.05, 0) is 25.1 Å². The van der Waals surface area contributed by atoms with Gasteiger partial charge in [0.25, 0.3) is 0 Å². The first-order valence-electron chi connectivity index (χ1n) is 4.75. The molecule has 0 atom stereocenters. The lowest BCUT2D eigenvalue weighted by molar-refractivity contribution is 1.05. The van der Waals surface area contributed by atoms with Crippen LogP contribution in [-0.4, -0.2) is 4.98 Å². The summed E-state index contributed by atoms with van der Waals surface area (Å²) in [6, 6.07) is 5.35. The Balaban J connectivity index is 2.07. The van der Waals surface area contributed by atoms with Crippen molar-refractivity contribution in [1.82, 2.24) is 4.98 Å². The Kier molecular flexibility index (Phi) is 3.69. The predicted octanol–water partition coefficient (Wildman–Crippen LogP) is 4.37. The van der Waals surface area contributed by atoms with E-state index in [1.165, 1.54) is 0 Å². The third-order valence-electron chi connectivity index (χ3n) is 2.05. The van der Waals surface area contributed by atoms with Crippen molar-refractivity contribution in [3.63, 3.8) is 0 Å². The molecule has 2 rings (SSSR count). The maximum Gasteiger partial charge on any atom is 0.0898 e. The van der Waals surface area contributed by atoms with Crippen LogP contribution in [0.1, 0.15) is 10.7 Å². The van der Waals surface area contributed by atoms with Gasteiger partial charge >= 0.3 is 0 Å². The van der Waals surface area contributed by atoms with Crippen LogP contribution in [0.15, 0.2) is 23.6 Å². The number of hydrogen-bond donors (Lipinski definition) is 1. The normalized spacial score (nSPS) is 10.4. The van der Waals surface area contributed by atoms with Gasteiger partial charge in [0.2, 0.25) is 0 Å². The molecule has 0 aliphatic rings. The van der Waals surface area contributed by atoms with Gasteiger partial charge in [0, 0.05) is 10.4 Å². The van der Waals surface area contributed by atoms with E-state index in [4.69, 9.17) is 23.2 Å². The molecule has 0 bridgehead atoms. The molecule has 1 aromatic heterocycles. The zero-order valence-electron chi connectivity index (χ0n) is 8.63. The number of nitrogens with zero attached hydrogens (tertiary/aromatic N) is 1. The summed E-state index contributed by atoms with van der Waals surface area (Å²) >= 11 is 13.6. The van der Waals surface area contributed by atoms with Crippen LogP contribution < -0.4 is 5.32 Å². The van der Waals surface area contributed by atoms with Crippen molar-refractivity contribution in [3.8, 4) is 0 Å². The summed E-state index contributed by atoms with van der Waals surface area (Å²) < 4.78 is 0. The highest BCUT2D eigenvalue weighted by Gasteiger charge is 2.02. The summed E-state index contributed by atoms with van der Waals surface area (Å²) in [7, 11) is 0. The number of rotatable bonds is 3. The van der Waals surface area contributed by atoms with E-state index in [1.54, 1.807) is 23.5 Å². The van der Waals surface area contributed by atoms with Crippen molar-refractivity contribution in [1.29, 1.82) is 0 Å². The Hall–Kier alpha value is -0.770. The number of nitrogens with one attached hydrogen (secondary N) is 1. The molecule has 2 nitrogen and oxygen atoms in total. The number of aromatic nitrogens is 1. The zero-order valence-corrected chi connectivity index (χ0v) is 11.0. The van der Waals surface area contributed by atoms with E-state index in [1.807, 2.05) is 18.4 Å². The molecule has 16 heavy (non-hydrogen) atoms. The molecular formula is C11H10Cl2N2S. The van der Waals surface area contributed by atoms with E-state index in [0.29, 0.717) is 16.6 Å². The van der Waals surface area contributed by atoms with Crippen LogP contribution in [0.2, 0.25) is 10.0 Å². The average molecular weight is 273 g/mol. The van der Waals surface area contributed by atoms with Gasteiger partial charge in [0.1, 0.15) is 0 Å². The maximum atomic E-state index is 6.03. The van der Waals surface area contributed by atoms with Gasteiger partial charge < -0.3 is 5.32 Å². The van der Waals surface area contributed by atoms with Crippen molar-refractivity contribution in [2.45, 2.75) is 13.5 Å². The Labute approximate surface area is 108 Å². The molecule has 1 heterocycles. The molecule has 84 valence electrons. The number of hydrogen-bond acceptors (Lipinski definition) is 3. The molecule has 0 spiro atoms. The summed E-state index contributed by atoms with van der Waals surface area (Å²) in [4.78, 5) is 4.36. The molecule has 0 amide bonds. The molecule has 0 aliphatic carbocycles. The number of aryl methyl sites for hydroxylation is 1. The van der Waals surface area contributed by atoms with Crippen LogP contribution in [0.5, 0.6) is 0 Å². The summed E-state index contributed by atoms with van der Waals surface area (Å²) in [6.07, 6.45) is 0. The maximum absolute atomic E-state index is 6.03. The lowest BCUT2D eigenvalue weighted by Crippen LogP contribution is -2.00. The van der Waals surface area contributed by atoms with Gasteiger partial charge in [0.05, 0.1) is 28.0 Å². The number of thiazole rings is 1. The Morgan fingerprint density at radius 2 is 2.19 bits per heavy atom. The fourth-order valence-corrected chi connectivity index (χ4v) is 2.28. The van der Waals surface area contributed by atoms with Gasteiger partial charge in [-0.3, -0.25) is 0 Å². The lowest BCUT2D eigenvalue weighted by Gasteiger charge is -2.06. The first kappa shape index (κ1) is 11.7. The minimum atomic E-state index is 0.657. The van der Waals surface area contributed by atoms with Crippen LogP contribution in [-0.2, 0) is 6.54 Å². The molecule has 0 saturated heterocycles. The Morgan fingerprint density at radius 1 is 1.38 bits per heavy atom. The Bertz CT molecular complexity index is 496. The van der Waals surface area contributed by atoms with Gasteiger partial charge in [-0.1, -0.05) is 23.2 Å². The van der Waals surface area contributed by atoms with Crippen LogP contribution in [0.3, 0.4) is 0 Å². The third kappa shape index (κ3) is 2.88. The van der Waals surface area contributed by atoms with E-state index in [2.05, 4.69) is 10.3 Å². The van der Waals surface area contributed by atoms with E-state index in [-0.39, 0.29) is 0 Å². The second kappa shape index (κ2) is 5.04. The average Bonchev–Trinajstić information content (AvgIpc) is 2.66. The minimum Gasteiger partial charge on any atom is -0.378 e. The third-order valence-corrected chi connectivity index (χ3v) is 3.44. The fraction of sp³-hybridized carbons (Fsp3) is 0.182. The molecular weight excluding hydrogens is 263 g/mol. The minimum absolute atomic E-state index is 0.657. The standard InChI is InChI=1S/C11H10Cl2N2S/c1-7-15-9(6-16-7)5-14-11-4-8(12)2-3-10(11)13/h2-4,6,14H,5H2,1H3. The second-order valence-electron chi connectivity index (χ2n) is 3.34. The molecule has 2 aromatic rings. The number of halogens is 2. The molecule has 0 saturated carbocycles. The molecule has 0 aliphatic heterocycles. The SMILES string of the molecule is Cc1nc(CNc2cc(Cl)ccc2Cl)cs1. The molecule has 0 radical (unpaired) electrons. The first-order chi connectivity index (χ1) is 7.65. The van der Waals surface area contributed by atoms with Gasteiger partial charge in [-0.15, -0.1) is 11.3 Å². The van der Waals surface area contributed by atoms with Crippen LogP contribution >= 0.6 is 34.5 Å². The van der Waals surface area contributed by atoms with Crippen molar-refractivity contribution >= 4 is 40.2 Å². The van der Waals surface area contributed by atoms with E-state index in [0.717, 1.165) is 16.4 Å². The van der Waals surface area contributed by atoms with E-state index < -0.39 is 0 Å². The van der Waals surface area contributed by atoms with Crippen LogP contribution in [0, 0.1) is 6.92 Å². The molecule has 0 unspecified atom stereocenters. The summed E-state index contributed by atoms with van der Waals surface area (Å²) in [6.45, 7) is 2.64. The van der Waals surface area contributed by atoms with Crippen LogP contribution in [0.25, 0.3) is 0 Å². The first-order valence-corrected chi connectivity index (χ1v) is 6.38. The topological polar surface area (TPSA) is 24.9 Å². The summed E-state index contributed by atoms with van der Waals surface area (Å²) in [5.41, 5.74) is 1.85. The van der Waals surface area contributed by atoms with Crippen molar-refractivity contribution in [2.24, 2.45) is 0 Å². The highest BCUT2D eigenvalue weighted by Crippen LogP contribution is 2.25. The molecule has 5 heteroatoms. The highest BCUT2D eigenvalue weighted by atomic mass is 35.5. The number of anilines is 1. The summed E-state index contributed by atoms with van der Waals surface area (Å²) in [5, 5.41) is 7.63. The Morgan fingerprint density at radius 3 is 2.88 bits per heavy atom. The number of benzene rings is 1. The second-order valence-corrected chi connectivity index (χ2v) is 5.24. The van der Waals surface area contributed by atoms with Crippen molar-refractivity contribution < 1.29 is 0 Å². The molecule has 0 fully saturated rings. The van der Waals surface area contributed by atoms with Crippen molar-refractivity contribution in [2.75, 3.05) is 5.32 Å². The highest BCUT2D eigenvalue weighted by molar-refractivity contribution is 7.09. The molecule has 1 N–H and O–H groups in total. The van der Waals surface area contributed by atoms with E-state index >= 15 is 0 Å². The zero-order chi connectivity index (χ0) is 11.5. The van der Waals surface area contributed by atoms with Crippen LogP contribution in [0.4, 0.5) is 5.69 Å². The fourth-order valence-electron chi connectivity index (χ4n) is 1.31. The predicted molar refractivity (Wildman–Crippen MR) is 70.6 cm³/mol. The van der Waals surface area contributed by atoms with Gasteiger partial charge in [-0.25, -0.2) is 4.98 Å². The summed E-state index contributed by atoms with van der Waals surface area (Å²) in [5.74, 6) is 0. The van der Waals surface area contributed by atoms with E-state index in [9.17, 15) is 0 Å². The van der Waals surface area contributed by atoms with Gasteiger partial charge in [-0.2, -0.15) is 0 Å².